The molecule has 2 aliphatic rings. The number of ether oxygens (including phenoxy) is 3. The van der Waals surface area contributed by atoms with Gasteiger partial charge in [-0.2, -0.15) is 0 Å². The average Bonchev–Trinajstić information content (AvgIpc) is 3.57. The zero-order valence-corrected chi connectivity index (χ0v) is 32.8. The van der Waals surface area contributed by atoms with E-state index in [2.05, 4.69) is 21.7 Å². The van der Waals surface area contributed by atoms with Gasteiger partial charge in [0, 0.05) is 36.0 Å². The fourth-order valence-electron chi connectivity index (χ4n) is 7.93. The third-order valence-corrected chi connectivity index (χ3v) is 11.8. The number of esters is 1. The largest absolute Gasteiger partial charge is 0.459 e. The molecule has 2 aliphatic heterocycles. The predicted octanol–water partition coefficient (Wildman–Crippen LogP) is 2.59. The maximum absolute atomic E-state index is 13.6. The molecule has 14 atom stereocenters. The lowest BCUT2D eigenvalue weighted by Crippen LogP contribution is -2.59. The summed E-state index contributed by atoms with van der Waals surface area (Å²) in [6, 6.07) is 3.34. The first-order chi connectivity index (χ1) is 23.3. The van der Waals surface area contributed by atoms with Gasteiger partial charge in [0.05, 0.1) is 29.8 Å². The van der Waals surface area contributed by atoms with Crippen LogP contribution in [0.1, 0.15) is 86.0 Å². The van der Waals surface area contributed by atoms with Crippen molar-refractivity contribution < 1.29 is 44.5 Å². The lowest BCUT2D eigenvalue weighted by Gasteiger charge is -2.46. The van der Waals surface area contributed by atoms with Crippen LogP contribution in [0.3, 0.4) is 0 Å². The number of nitrogens with zero attached hydrogens (tertiary/aromatic N) is 2. The Morgan fingerprint density at radius 2 is 1.78 bits per heavy atom. The van der Waals surface area contributed by atoms with Crippen LogP contribution in [-0.2, 0) is 25.5 Å². The van der Waals surface area contributed by atoms with Gasteiger partial charge in [-0.25, -0.2) is 0 Å². The molecule has 0 aromatic carbocycles. The van der Waals surface area contributed by atoms with Gasteiger partial charge in [-0.15, -0.1) is 11.3 Å². The number of hydrogen-bond acceptors (Lipinski definition) is 13. The van der Waals surface area contributed by atoms with Crippen molar-refractivity contribution in [2.24, 2.45) is 17.8 Å². The number of rotatable bonds is 10. The molecule has 12 nitrogen and oxygen atoms in total. The summed E-state index contributed by atoms with van der Waals surface area (Å²) in [6.07, 6.45) is -5.14. The summed E-state index contributed by atoms with van der Waals surface area (Å²) < 4.78 is 18.4. The van der Waals surface area contributed by atoms with Gasteiger partial charge in [-0.05, 0) is 105 Å². The fourth-order valence-corrected chi connectivity index (χ4v) is 8.61. The van der Waals surface area contributed by atoms with Crippen molar-refractivity contribution in [1.29, 1.82) is 0 Å². The van der Waals surface area contributed by atoms with E-state index in [-0.39, 0.29) is 30.9 Å². The monoisotopic (exact) mass is 729 g/mol. The molecule has 50 heavy (non-hydrogen) atoms. The zero-order chi connectivity index (χ0) is 37.6. The van der Waals surface area contributed by atoms with Crippen LogP contribution in [0.4, 0.5) is 0 Å². The van der Waals surface area contributed by atoms with Crippen LogP contribution in [0.5, 0.6) is 0 Å². The molecule has 0 aliphatic carbocycles. The maximum atomic E-state index is 13.6. The smallest absolute Gasteiger partial charge is 0.311 e. The summed E-state index contributed by atoms with van der Waals surface area (Å²) in [7, 11) is 3.77. The number of thiophene rings is 1. The van der Waals surface area contributed by atoms with Crippen molar-refractivity contribution in [2.75, 3.05) is 33.7 Å². The van der Waals surface area contributed by atoms with Crippen molar-refractivity contribution in [1.82, 2.24) is 15.1 Å². The van der Waals surface area contributed by atoms with Crippen molar-refractivity contribution in [3.8, 4) is 0 Å². The van der Waals surface area contributed by atoms with Gasteiger partial charge in [0.1, 0.15) is 23.9 Å². The Bertz CT molecular complexity index is 1160. The average molecular weight is 730 g/mol. The lowest BCUT2D eigenvalue weighted by molar-refractivity contribution is -0.299. The second-order valence-corrected chi connectivity index (χ2v) is 16.8. The van der Waals surface area contributed by atoms with Gasteiger partial charge in [0.2, 0.25) is 0 Å². The summed E-state index contributed by atoms with van der Waals surface area (Å²) in [6.45, 7) is 16.6. The molecular weight excluding hydrogens is 662 g/mol. The molecule has 0 radical (unpaired) electrons. The first-order valence-electron chi connectivity index (χ1n) is 18.5. The molecule has 0 bridgehead atoms. The van der Waals surface area contributed by atoms with Crippen LogP contribution in [0.25, 0.3) is 0 Å². The summed E-state index contributed by atoms with van der Waals surface area (Å²) in [5.74, 6) is -2.72. The molecular formula is C37H67N3O9S. The van der Waals surface area contributed by atoms with Crippen LogP contribution in [0.2, 0.25) is 0 Å². The van der Waals surface area contributed by atoms with Crippen LogP contribution < -0.4 is 5.32 Å². The Morgan fingerprint density at radius 1 is 1.10 bits per heavy atom. The standard InChI is InChI=1S/C37H67N3O9S/c1-11-29-37(8,46)32(43)26(6)40(16-13-15-38-20-27-14-12-17-50-27)21-22(2)19-36(7,45)33(24(4)30(41)25(5)34(44)48-29)49-35-31(42)28(39(9)10)18-23(3)47-35/h12,14,17,22-26,28-33,35,38,41-43,45-46H,11,13,15-16,18-21H2,1-10H3/t22-,23-,24+,25-,26+,28+,29+,30+,31-,32-,33-,35+,36-,37-/m1/s1. The highest BCUT2D eigenvalue weighted by Gasteiger charge is 2.50. The second-order valence-electron chi connectivity index (χ2n) is 15.8. The number of carbonyl (C=O) groups excluding carboxylic acids is 1. The molecule has 2 fully saturated rings. The minimum Gasteiger partial charge on any atom is -0.459 e. The summed E-state index contributed by atoms with van der Waals surface area (Å²) in [4.78, 5) is 18.9. The topological polar surface area (TPSA) is 164 Å². The van der Waals surface area contributed by atoms with Crippen molar-refractivity contribution in [3.63, 3.8) is 0 Å². The van der Waals surface area contributed by atoms with E-state index in [0.717, 1.165) is 19.5 Å². The number of nitrogens with one attached hydrogen (secondary N) is 1. The first-order valence-corrected chi connectivity index (χ1v) is 19.3. The third-order valence-electron chi connectivity index (χ3n) is 11.0. The van der Waals surface area contributed by atoms with Crippen LogP contribution in [-0.4, -0.2) is 141 Å². The Labute approximate surface area is 304 Å². The van der Waals surface area contributed by atoms with Gasteiger partial charge >= 0.3 is 5.97 Å². The van der Waals surface area contributed by atoms with Gasteiger partial charge in [0.25, 0.3) is 0 Å². The molecule has 0 spiro atoms. The van der Waals surface area contributed by atoms with E-state index in [0.29, 0.717) is 19.5 Å². The molecule has 0 unspecified atom stereocenters. The molecule has 1 aromatic rings. The van der Waals surface area contributed by atoms with E-state index in [4.69, 9.17) is 14.2 Å². The summed E-state index contributed by atoms with van der Waals surface area (Å²) in [5.41, 5.74) is -3.32. The molecule has 2 saturated heterocycles. The van der Waals surface area contributed by atoms with Crippen molar-refractivity contribution >= 4 is 17.3 Å². The Hall–Kier alpha value is -1.23. The highest BCUT2D eigenvalue weighted by atomic mass is 32.1. The van der Waals surface area contributed by atoms with Crippen molar-refractivity contribution in [2.45, 2.75) is 154 Å². The van der Waals surface area contributed by atoms with Crippen LogP contribution in [0.15, 0.2) is 17.5 Å². The van der Waals surface area contributed by atoms with Gasteiger partial charge in [0.15, 0.2) is 6.29 Å². The van der Waals surface area contributed by atoms with Crippen molar-refractivity contribution in [3.05, 3.63) is 22.4 Å². The molecule has 0 saturated carbocycles. The first kappa shape index (κ1) is 43.2. The highest BCUT2D eigenvalue weighted by molar-refractivity contribution is 7.09. The molecule has 0 amide bonds. The van der Waals surface area contributed by atoms with E-state index in [1.807, 2.05) is 45.8 Å². The zero-order valence-electron chi connectivity index (χ0n) is 32.0. The van der Waals surface area contributed by atoms with E-state index in [9.17, 15) is 30.3 Å². The molecule has 13 heteroatoms. The van der Waals surface area contributed by atoms with Gasteiger partial charge in [-0.3, -0.25) is 9.69 Å². The Kier molecular flexibility index (Phi) is 16.1. The predicted molar refractivity (Wildman–Crippen MR) is 195 cm³/mol. The quantitative estimate of drug-likeness (QED) is 0.154. The number of likely N-dealkylation sites (N-methyl/N-ethyl adjacent to an activating group) is 1. The van der Waals surface area contributed by atoms with Crippen LogP contribution in [0, 0.1) is 17.8 Å². The third kappa shape index (κ3) is 10.9. The normalized spacial score (nSPS) is 41.8. The number of aliphatic hydroxyl groups excluding tert-OH is 3. The summed E-state index contributed by atoms with van der Waals surface area (Å²) >= 11 is 1.70. The van der Waals surface area contributed by atoms with Gasteiger partial charge < -0.3 is 50.0 Å². The van der Waals surface area contributed by atoms with E-state index < -0.39 is 71.9 Å². The Morgan fingerprint density at radius 3 is 2.38 bits per heavy atom. The molecule has 3 rings (SSSR count). The minimum absolute atomic E-state index is 0.132. The minimum atomic E-state index is -1.79. The van der Waals surface area contributed by atoms with E-state index in [1.165, 1.54) is 11.8 Å². The molecule has 3 heterocycles. The maximum Gasteiger partial charge on any atom is 0.311 e. The SMILES string of the molecule is CC[C@@H]1OC(=O)[C@H](C)[C@@H](O)[C@H](C)[C@@H](O[C@@H]2O[C@H](C)C[C@H](N(C)C)[C@H]2O)[C@](C)(O)C[C@@H](C)CN(CCCNCc2cccs2)[C@@H](C)[C@@H](O)[C@]1(C)O. The number of hydrogen-bond donors (Lipinski definition) is 6. The molecule has 1 aromatic heterocycles. The fraction of sp³-hybridized carbons (Fsp3) is 0.865. The number of carbonyl (C=O) groups is 1. The highest BCUT2D eigenvalue weighted by Crippen LogP contribution is 2.36. The Balaban J connectivity index is 1.96. The second kappa shape index (κ2) is 18.7. The van der Waals surface area contributed by atoms with E-state index in [1.54, 1.807) is 39.0 Å². The number of cyclic esters (lactones) is 1. The molecule has 290 valence electrons. The number of aliphatic hydroxyl groups is 5. The van der Waals surface area contributed by atoms with E-state index >= 15 is 0 Å². The summed E-state index contributed by atoms with van der Waals surface area (Å²) in [5, 5.41) is 64.2. The van der Waals surface area contributed by atoms with Gasteiger partial charge in [-0.1, -0.05) is 26.8 Å². The molecule has 6 N–H and O–H groups in total. The lowest BCUT2D eigenvalue weighted by atomic mass is 9.78. The van der Waals surface area contributed by atoms with Crippen LogP contribution >= 0.6 is 11.3 Å².